The third-order valence-electron chi connectivity index (χ3n) is 4.47. The lowest BCUT2D eigenvalue weighted by Gasteiger charge is -2.31. The van der Waals surface area contributed by atoms with Crippen molar-refractivity contribution in [3.05, 3.63) is 48.2 Å². The zero-order chi connectivity index (χ0) is 16.9. The molecule has 0 radical (unpaired) electrons. The van der Waals surface area contributed by atoms with Gasteiger partial charge in [-0.3, -0.25) is 4.79 Å². The molecule has 1 aromatic carbocycles. The Balaban J connectivity index is 1.59. The van der Waals surface area contributed by atoms with E-state index in [1.807, 2.05) is 31.2 Å². The van der Waals surface area contributed by atoms with Crippen molar-refractivity contribution in [3.63, 3.8) is 0 Å². The fraction of sp³-hybridized carbons (Fsp3) is 0.368. The summed E-state index contributed by atoms with van der Waals surface area (Å²) in [7, 11) is 0. The molecule has 0 saturated carbocycles. The summed E-state index contributed by atoms with van der Waals surface area (Å²) in [5, 5.41) is 6.11. The Morgan fingerprint density at radius 2 is 2.21 bits per heavy atom. The van der Waals surface area contributed by atoms with Gasteiger partial charge < -0.3 is 15.4 Å². The number of anilines is 1. The molecule has 24 heavy (non-hydrogen) atoms. The molecule has 2 heterocycles. The second kappa shape index (κ2) is 7.45. The Hall–Kier alpha value is -2.40. The van der Waals surface area contributed by atoms with Crippen LogP contribution in [-0.2, 0) is 11.2 Å². The van der Waals surface area contributed by atoms with Gasteiger partial charge in [0.15, 0.2) is 0 Å². The first-order valence-electron chi connectivity index (χ1n) is 8.40. The Bertz CT molecular complexity index is 696. The molecule has 1 fully saturated rings. The highest BCUT2D eigenvalue weighted by Crippen LogP contribution is 2.23. The molecule has 1 aromatic heterocycles. The van der Waals surface area contributed by atoms with Gasteiger partial charge in [-0.1, -0.05) is 26.0 Å². The van der Waals surface area contributed by atoms with Crippen molar-refractivity contribution in [1.82, 2.24) is 10.3 Å². The van der Waals surface area contributed by atoms with Crippen LogP contribution in [0.2, 0.25) is 0 Å². The fourth-order valence-corrected chi connectivity index (χ4v) is 2.60. The third-order valence-corrected chi connectivity index (χ3v) is 4.47. The number of carbonyl (C=O) groups is 1. The standard InChI is InChI=1S/C19H23N3O2/c1-3-14-5-4-6-17(9-14)24-18-8-7-16(12-21-18)22-19(23)13(2)15-10-20-11-15/h4-9,12-13,15,20H,3,10-11H2,1-2H3,(H,22,23). The minimum atomic E-state index is -0.000963. The first kappa shape index (κ1) is 16.5. The van der Waals surface area contributed by atoms with Crippen LogP contribution in [0.3, 0.4) is 0 Å². The van der Waals surface area contributed by atoms with Crippen LogP contribution in [0.15, 0.2) is 42.6 Å². The minimum Gasteiger partial charge on any atom is -0.439 e. The molecule has 126 valence electrons. The van der Waals surface area contributed by atoms with Gasteiger partial charge in [0.1, 0.15) is 5.75 Å². The van der Waals surface area contributed by atoms with Crippen molar-refractivity contribution in [3.8, 4) is 11.6 Å². The van der Waals surface area contributed by atoms with Crippen molar-refractivity contribution in [2.45, 2.75) is 20.3 Å². The average Bonchev–Trinajstić information content (AvgIpc) is 2.55. The van der Waals surface area contributed by atoms with Crippen molar-refractivity contribution in [2.24, 2.45) is 11.8 Å². The number of hydrogen-bond acceptors (Lipinski definition) is 4. The molecule has 1 amide bonds. The zero-order valence-electron chi connectivity index (χ0n) is 14.1. The van der Waals surface area contributed by atoms with Crippen molar-refractivity contribution >= 4 is 11.6 Å². The molecule has 5 nitrogen and oxygen atoms in total. The average molecular weight is 325 g/mol. The second-order valence-electron chi connectivity index (χ2n) is 6.18. The lowest BCUT2D eigenvalue weighted by Crippen LogP contribution is -2.48. The number of nitrogens with one attached hydrogen (secondary N) is 2. The van der Waals surface area contributed by atoms with Gasteiger partial charge in [-0.25, -0.2) is 4.98 Å². The number of carbonyl (C=O) groups excluding carboxylic acids is 1. The van der Waals surface area contributed by atoms with E-state index < -0.39 is 0 Å². The predicted octanol–water partition coefficient (Wildman–Crippen LogP) is 3.23. The largest absolute Gasteiger partial charge is 0.439 e. The Morgan fingerprint density at radius 3 is 2.83 bits per heavy atom. The molecule has 0 bridgehead atoms. The lowest BCUT2D eigenvalue weighted by molar-refractivity contribution is -0.121. The lowest BCUT2D eigenvalue weighted by atomic mass is 9.88. The summed E-state index contributed by atoms with van der Waals surface area (Å²) in [6.45, 7) is 5.90. The predicted molar refractivity (Wildman–Crippen MR) is 94.3 cm³/mol. The van der Waals surface area contributed by atoms with Gasteiger partial charge in [0, 0.05) is 12.0 Å². The van der Waals surface area contributed by atoms with E-state index in [0.717, 1.165) is 25.3 Å². The van der Waals surface area contributed by atoms with Crippen LogP contribution < -0.4 is 15.4 Å². The van der Waals surface area contributed by atoms with E-state index in [0.29, 0.717) is 17.5 Å². The van der Waals surface area contributed by atoms with Crippen LogP contribution in [0.4, 0.5) is 5.69 Å². The third kappa shape index (κ3) is 3.92. The number of nitrogens with zero attached hydrogens (tertiary/aromatic N) is 1. The molecule has 1 saturated heterocycles. The Kier molecular flexibility index (Phi) is 5.11. The quantitative estimate of drug-likeness (QED) is 0.856. The molecule has 0 spiro atoms. The molecule has 1 aliphatic heterocycles. The first-order valence-corrected chi connectivity index (χ1v) is 8.40. The van der Waals surface area contributed by atoms with E-state index >= 15 is 0 Å². The van der Waals surface area contributed by atoms with E-state index in [1.165, 1.54) is 5.56 Å². The van der Waals surface area contributed by atoms with E-state index in [2.05, 4.69) is 28.6 Å². The van der Waals surface area contributed by atoms with Gasteiger partial charge in [0.25, 0.3) is 0 Å². The summed E-state index contributed by atoms with van der Waals surface area (Å²) in [5.74, 6) is 1.74. The molecule has 0 aliphatic carbocycles. The maximum Gasteiger partial charge on any atom is 0.227 e. The van der Waals surface area contributed by atoms with Crippen molar-refractivity contribution < 1.29 is 9.53 Å². The number of aromatic nitrogens is 1. The number of benzene rings is 1. The van der Waals surface area contributed by atoms with Gasteiger partial charge >= 0.3 is 0 Å². The number of amides is 1. The summed E-state index contributed by atoms with van der Waals surface area (Å²) in [4.78, 5) is 16.5. The SMILES string of the molecule is CCc1cccc(Oc2ccc(NC(=O)C(C)C3CNC3)cn2)c1. The summed E-state index contributed by atoms with van der Waals surface area (Å²) in [6.07, 6.45) is 2.59. The number of rotatable bonds is 6. The van der Waals surface area contributed by atoms with Crippen molar-refractivity contribution in [2.75, 3.05) is 18.4 Å². The molecular formula is C19H23N3O2. The van der Waals surface area contributed by atoms with E-state index in [4.69, 9.17) is 4.74 Å². The molecule has 2 aromatic rings. The van der Waals surface area contributed by atoms with Gasteiger partial charge in [-0.15, -0.1) is 0 Å². The topological polar surface area (TPSA) is 63.2 Å². The highest BCUT2D eigenvalue weighted by Gasteiger charge is 2.28. The van der Waals surface area contributed by atoms with Crippen LogP contribution in [0.5, 0.6) is 11.6 Å². The summed E-state index contributed by atoms with van der Waals surface area (Å²) < 4.78 is 5.76. The first-order chi connectivity index (χ1) is 11.7. The molecule has 1 atom stereocenters. The van der Waals surface area contributed by atoms with Crippen LogP contribution >= 0.6 is 0 Å². The van der Waals surface area contributed by atoms with Crippen LogP contribution in [-0.4, -0.2) is 24.0 Å². The van der Waals surface area contributed by atoms with Gasteiger partial charge in [-0.05, 0) is 49.2 Å². The number of pyridine rings is 1. The molecule has 2 N–H and O–H groups in total. The van der Waals surface area contributed by atoms with Crippen LogP contribution in [0.1, 0.15) is 19.4 Å². The molecule has 5 heteroatoms. The van der Waals surface area contributed by atoms with Crippen LogP contribution in [0, 0.1) is 11.8 Å². The Morgan fingerprint density at radius 1 is 1.38 bits per heavy atom. The van der Waals surface area contributed by atoms with Crippen molar-refractivity contribution in [1.29, 1.82) is 0 Å². The normalized spacial score (nSPS) is 15.4. The van der Waals surface area contributed by atoms with Gasteiger partial charge in [0.2, 0.25) is 11.8 Å². The van der Waals surface area contributed by atoms with Crippen LogP contribution in [0.25, 0.3) is 0 Å². The van der Waals surface area contributed by atoms with Gasteiger partial charge in [0.05, 0.1) is 11.9 Å². The summed E-state index contributed by atoms with van der Waals surface area (Å²) in [6, 6.07) is 11.5. The second-order valence-corrected chi connectivity index (χ2v) is 6.18. The molecule has 3 rings (SSSR count). The highest BCUT2D eigenvalue weighted by atomic mass is 16.5. The van der Waals surface area contributed by atoms with E-state index in [9.17, 15) is 4.79 Å². The van der Waals surface area contributed by atoms with Gasteiger partial charge in [-0.2, -0.15) is 0 Å². The number of ether oxygens (including phenoxy) is 1. The fourth-order valence-electron chi connectivity index (χ4n) is 2.60. The molecule has 1 unspecified atom stereocenters. The van der Waals surface area contributed by atoms with E-state index in [1.54, 1.807) is 12.3 Å². The maximum absolute atomic E-state index is 12.2. The maximum atomic E-state index is 12.2. The summed E-state index contributed by atoms with van der Waals surface area (Å²) in [5.41, 5.74) is 1.91. The monoisotopic (exact) mass is 325 g/mol. The Labute approximate surface area is 142 Å². The minimum absolute atomic E-state index is 0.000963. The van der Waals surface area contributed by atoms with E-state index in [-0.39, 0.29) is 11.8 Å². The number of aryl methyl sites for hydroxylation is 1. The highest BCUT2D eigenvalue weighted by molar-refractivity contribution is 5.92. The zero-order valence-corrected chi connectivity index (χ0v) is 14.1. The smallest absolute Gasteiger partial charge is 0.227 e. The molecule has 1 aliphatic rings. The number of hydrogen-bond donors (Lipinski definition) is 2. The summed E-state index contributed by atoms with van der Waals surface area (Å²) >= 11 is 0. The molecular weight excluding hydrogens is 302 g/mol.